The van der Waals surface area contributed by atoms with Crippen molar-refractivity contribution in [2.75, 3.05) is 11.9 Å². The number of benzene rings is 2. The van der Waals surface area contributed by atoms with Crippen LogP contribution in [0.25, 0.3) is 0 Å². The van der Waals surface area contributed by atoms with Crippen LogP contribution in [0.4, 0.5) is 5.69 Å². The lowest BCUT2D eigenvalue weighted by Crippen LogP contribution is -2.20. The number of carbonyl (C=O) groups excluding carboxylic acids is 2. The summed E-state index contributed by atoms with van der Waals surface area (Å²) < 4.78 is 11.3. The van der Waals surface area contributed by atoms with Gasteiger partial charge in [0.15, 0.2) is 11.5 Å². The largest absolute Gasteiger partial charge is 0.490 e. The Morgan fingerprint density at radius 2 is 1.73 bits per heavy atom. The van der Waals surface area contributed by atoms with Crippen LogP contribution in [0.1, 0.15) is 44.7 Å². The number of hydrogen-bond donors (Lipinski definition) is 2. The van der Waals surface area contributed by atoms with Crippen LogP contribution in [-0.2, 0) is 9.59 Å². The average Bonchev–Trinajstić information content (AvgIpc) is 2.70. The number of ether oxygens (including phenoxy) is 2. The van der Waals surface area contributed by atoms with Crippen LogP contribution in [0, 0.1) is 6.92 Å². The first-order chi connectivity index (χ1) is 14.4. The second kappa shape index (κ2) is 11.6. The Kier molecular flexibility index (Phi) is 8.87. The van der Waals surface area contributed by atoms with Crippen LogP contribution in [0.3, 0.4) is 0 Å². The van der Waals surface area contributed by atoms with Crippen molar-refractivity contribution in [3.05, 3.63) is 53.6 Å². The molecule has 2 aromatic carbocycles. The monoisotopic (exact) mass is 411 g/mol. The number of aryl methyl sites for hydroxylation is 1. The molecule has 0 bridgehead atoms. The highest BCUT2D eigenvalue weighted by Gasteiger charge is 2.09. The third kappa shape index (κ3) is 7.95. The topological polar surface area (TPSA) is 89.0 Å². The van der Waals surface area contributed by atoms with E-state index in [9.17, 15) is 9.59 Å². The Bertz CT molecular complexity index is 877. The summed E-state index contributed by atoms with van der Waals surface area (Å²) >= 11 is 0. The summed E-state index contributed by atoms with van der Waals surface area (Å²) in [7, 11) is 0. The number of amides is 2. The Labute approximate surface area is 177 Å². The van der Waals surface area contributed by atoms with Crippen molar-refractivity contribution in [2.45, 2.75) is 46.6 Å². The maximum absolute atomic E-state index is 11.9. The molecule has 0 saturated heterocycles. The van der Waals surface area contributed by atoms with Gasteiger partial charge in [-0.1, -0.05) is 17.7 Å². The number of rotatable bonds is 10. The van der Waals surface area contributed by atoms with Crippen LogP contribution >= 0.6 is 0 Å². The lowest BCUT2D eigenvalue weighted by atomic mass is 10.2. The molecule has 2 aromatic rings. The van der Waals surface area contributed by atoms with E-state index in [1.807, 2.05) is 64.1 Å². The minimum absolute atomic E-state index is 0.0335. The van der Waals surface area contributed by atoms with Crippen LogP contribution in [0.5, 0.6) is 11.5 Å². The zero-order valence-corrected chi connectivity index (χ0v) is 17.9. The van der Waals surface area contributed by atoms with E-state index in [1.54, 1.807) is 6.07 Å². The minimum atomic E-state index is -0.338. The lowest BCUT2D eigenvalue weighted by molar-refractivity contribution is -0.124. The Morgan fingerprint density at radius 1 is 1.03 bits per heavy atom. The van der Waals surface area contributed by atoms with Gasteiger partial charge in [0.25, 0.3) is 0 Å². The summed E-state index contributed by atoms with van der Waals surface area (Å²) in [4.78, 5) is 23.9. The first kappa shape index (κ1) is 22.9. The van der Waals surface area contributed by atoms with Crippen molar-refractivity contribution >= 4 is 23.7 Å². The molecule has 0 radical (unpaired) electrons. The molecule has 0 atom stereocenters. The highest BCUT2D eigenvalue weighted by atomic mass is 16.5. The maximum atomic E-state index is 11.9. The summed E-state index contributed by atoms with van der Waals surface area (Å²) in [5.74, 6) is 0.719. The Hall–Kier alpha value is -3.35. The molecule has 2 amide bonds. The van der Waals surface area contributed by atoms with Gasteiger partial charge in [-0.25, -0.2) is 5.43 Å². The maximum Gasteiger partial charge on any atom is 0.240 e. The number of carbonyl (C=O) groups is 2. The van der Waals surface area contributed by atoms with Gasteiger partial charge in [0.1, 0.15) is 0 Å². The Morgan fingerprint density at radius 3 is 2.40 bits per heavy atom. The van der Waals surface area contributed by atoms with E-state index in [2.05, 4.69) is 15.8 Å². The molecule has 0 aliphatic heterocycles. The third-order valence-corrected chi connectivity index (χ3v) is 3.95. The fraction of sp³-hybridized carbons (Fsp3) is 0.348. The second-order valence-corrected chi connectivity index (χ2v) is 7.01. The molecular weight excluding hydrogens is 382 g/mol. The standard InChI is InChI=1S/C23H29N3O4/c1-5-29-21-14-18(8-11-20(21)30-16(2)3)15-24-26-23(28)13-12-22(27)25-19-9-6-17(4)7-10-19/h6-11,14-16H,5,12-13H2,1-4H3,(H,25,27)(H,26,28). The van der Waals surface area contributed by atoms with Crippen molar-refractivity contribution in [2.24, 2.45) is 5.10 Å². The van der Waals surface area contributed by atoms with E-state index in [4.69, 9.17) is 9.47 Å². The van der Waals surface area contributed by atoms with Crippen LogP contribution < -0.4 is 20.2 Å². The van der Waals surface area contributed by atoms with Crippen molar-refractivity contribution in [3.63, 3.8) is 0 Å². The fourth-order valence-electron chi connectivity index (χ4n) is 2.55. The SMILES string of the molecule is CCOc1cc(C=NNC(=O)CCC(=O)Nc2ccc(C)cc2)ccc1OC(C)C. The normalized spacial score (nSPS) is 10.8. The number of nitrogens with zero attached hydrogens (tertiary/aromatic N) is 1. The van der Waals surface area contributed by atoms with Crippen molar-refractivity contribution in [1.29, 1.82) is 0 Å². The van der Waals surface area contributed by atoms with Crippen LogP contribution in [-0.4, -0.2) is 30.7 Å². The smallest absolute Gasteiger partial charge is 0.240 e. The van der Waals surface area contributed by atoms with Gasteiger partial charge in [-0.15, -0.1) is 0 Å². The van der Waals surface area contributed by atoms with Crippen molar-refractivity contribution in [1.82, 2.24) is 5.43 Å². The van der Waals surface area contributed by atoms with E-state index < -0.39 is 0 Å². The van der Waals surface area contributed by atoms with Gasteiger partial charge in [0.2, 0.25) is 11.8 Å². The first-order valence-corrected chi connectivity index (χ1v) is 9.99. The molecule has 0 aromatic heterocycles. The van der Waals surface area contributed by atoms with Gasteiger partial charge in [-0.05, 0) is 63.6 Å². The van der Waals surface area contributed by atoms with Gasteiger partial charge in [-0.3, -0.25) is 9.59 Å². The predicted octanol–water partition coefficient (Wildman–Crippen LogP) is 4.05. The second-order valence-electron chi connectivity index (χ2n) is 7.01. The number of anilines is 1. The summed E-state index contributed by atoms with van der Waals surface area (Å²) in [6.07, 6.45) is 1.67. The molecule has 2 rings (SSSR count). The molecule has 7 heteroatoms. The zero-order valence-electron chi connectivity index (χ0n) is 17.9. The quantitative estimate of drug-likeness (QED) is 0.456. The first-order valence-electron chi connectivity index (χ1n) is 9.99. The van der Waals surface area contributed by atoms with Gasteiger partial charge in [0, 0.05) is 18.5 Å². The van der Waals surface area contributed by atoms with E-state index in [1.165, 1.54) is 6.21 Å². The molecule has 160 valence electrons. The molecule has 0 spiro atoms. The Balaban J connectivity index is 1.82. The molecular formula is C23H29N3O4. The lowest BCUT2D eigenvalue weighted by Gasteiger charge is -2.14. The van der Waals surface area contributed by atoms with E-state index in [0.717, 1.165) is 11.1 Å². The predicted molar refractivity (Wildman–Crippen MR) is 118 cm³/mol. The summed E-state index contributed by atoms with van der Waals surface area (Å²) in [6.45, 7) is 8.27. The van der Waals surface area contributed by atoms with Gasteiger partial charge in [0.05, 0.1) is 18.9 Å². The van der Waals surface area contributed by atoms with E-state index >= 15 is 0 Å². The van der Waals surface area contributed by atoms with Crippen molar-refractivity contribution in [3.8, 4) is 11.5 Å². The molecule has 0 fully saturated rings. The molecule has 0 unspecified atom stereocenters. The number of nitrogens with one attached hydrogen (secondary N) is 2. The fourth-order valence-corrected chi connectivity index (χ4v) is 2.55. The highest BCUT2D eigenvalue weighted by molar-refractivity contribution is 5.93. The molecule has 0 aliphatic rings. The van der Waals surface area contributed by atoms with Gasteiger partial charge in [-0.2, -0.15) is 5.10 Å². The van der Waals surface area contributed by atoms with Gasteiger partial charge >= 0.3 is 0 Å². The van der Waals surface area contributed by atoms with Crippen LogP contribution in [0.15, 0.2) is 47.6 Å². The van der Waals surface area contributed by atoms with E-state index in [0.29, 0.717) is 23.8 Å². The van der Waals surface area contributed by atoms with E-state index in [-0.39, 0.29) is 30.8 Å². The molecule has 2 N–H and O–H groups in total. The van der Waals surface area contributed by atoms with Gasteiger partial charge < -0.3 is 14.8 Å². The van der Waals surface area contributed by atoms with Crippen LogP contribution in [0.2, 0.25) is 0 Å². The number of hydrazone groups is 1. The average molecular weight is 412 g/mol. The molecule has 0 saturated carbocycles. The molecule has 0 aliphatic carbocycles. The zero-order chi connectivity index (χ0) is 21.9. The number of hydrogen-bond acceptors (Lipinski definition) is 5. The summed E-state index contributed by atoms with van der Waals surface area (Å²) in [5, 5.41) is 6.71. The molecule has 0 heterocycles. The summed E-state index contributed by atoms with van der Waals surface area (Å²) in [6, 6.07) is 12.9. The molecule has 7 nitrogen and oxygen atoms in total. The third-order valence-electron chi connectivity index (χ3n) is 3.95. The van der Waals surface area contributed by atoms with Crippen molar-refractivity contribution < 1.29 is 19.1 Å². The molecule has 30 heavy (non-hydrogen) atoms. The highest BCUT2D eigenvalue weighted by Crippen LogP contribution is 2.28. The summed E-state index contributed by atoms with van der Waals surface area (Å²) in [5.41, 5.74) is 5.01. The minimum Gasteiger partial charge on any atom is -0.490 e.